The molecule has 1 saturated carbocycles. The van der Waals surface area contributed by atoms with Gasteiger partial charge in [-0.15, -0.1) is 0 Å². The summed E-state index contributed by atoms with van der Waals surface area (Å²) in [6.07, 6.45) is 2.15. The first kappa shape index (κ1) is 34.5. The minimum Gasteiger partial charge on any atom is -0.489 e. The lowest BCUT2D eigenvalue weighted by molar-refractivity contribution is -0.153. The monoisotopic (exact) mass is 670 g/mol. The van der Waals surface area contributed by atoms with Crippen molar-refractivity contribution in [3.05, 3.63) is 71.9 Å². The van der Waals surface area contributed by atoms with Crippen molar-refractivity contribution >= 4 is 50.7 Å². The van der Waals surface area contributed by atoms with Crippen LogP contribution >= 0.6 is 0 Å². The lowest BCUT2D eigenvalue weighted by atomic mass is 9.98. The summed E-state index contributed by atoms with van der Waals surface area (Å²) in [5, 5.41) is 14.6. The first-order valence-electron chi connectivity index (χ1n) is 16.0. The second-order valence-electron chi connectivity index (χ2n) is 13.1. The van der Waals surface area contributed by atoms with E-state index in [4.69, 9.17) is 4.74 Å². The zero-order chi connectivity index (χ0) is 34.8. The first-order valence-corrected chi connectivity index (χ1v) is 16.5. The lowest BCUT2D eigenvalue weighted by Gasteiger charge is -2.43. The maximum Gasteiger partial charge on any atom is 0.326 e. The molecule has 1 fully saturated rings. The third-order valence-corrected chi connectivity index (χ3v) is 9.90. The number of nitrogens with one attached hydrogen (secondary N) is 2. The maximum absolute atomic E-state index is 14.3. The number of fused-ring (bicyclic) bond motifs is 3. The van der Waals surface area contributed by atoms with E-state index in [9.17, 15) is 29.1 Å². The molecule has 13 heteroatoms. The lowest BCUT2D eigenvalue weighted by Crippen LogP contribution is -2.65. The van der Waals surface area contributed by atoms with E-state index < -0.39 is 52.9 Å². The Morgan fingerprint density at radius 3 is 2.33 bits per heavy atom. The molecule has 12 nitrogen and oxygen atoms in total. The van der Waals surface area contributed by atoms with Gasteiger partial charge in [0, 0.05) is 19.5 Å². The van der Waals surface area contributed by atoms with Gasteiger partial charge >= 0.3 is 5.97 Å². The molecule has 48 heavy (non-hydrogen) atoms. The number of likely N-dealkylation sites (N-methyl/N-ethyl adjacent to an activating group) is 2. The van der Waals surface area contributed by atoms with E-state index in [0.717, 1.165) is 5.56 Å². The summed E-state index contributed by atoms with van der Waals surface area (Å²) in [5.74, 6) is -3.77. The van der Waals surface area contributed by atoms with Crippen molar-refractivity contribution in [2.75, 3.05) is 20.7 Å². The van der Waals surface area contributed by atoms with Crippen molar-refractivity contribution < 1.29 is 33.8 Å². The maximum atomic E-state index is 14.3. The normalized spacial score (nSPS) is 23.7. The number of carbonyl (C=O) groups is 5. The SMILES string of the molecule is CC(C)C[C@]1([Si])C(=O)N(C)C2(CC2)C(=O)N[C@H](Cc2ccccc2)COc2cnc3ccccc3c2C(=O)N[C@H](C(=O)O)CC(=O)N1C. The van der Waals surface area contributed by atoms with Crippen molar-refractivity contribution in [2.24, 2.45) is 5.92 Å². The second kappa shape index (κ2) is 13.8. The predicted octanol–water partition coefficient (Wildman–Crippen LogP) is 2.29. The summed E-state index contributed by atoms with van der Waals surface area (Å²) in [5.41, 5.74) is 0.300. The highest BCUT2D eigenvalue weighted by molar-refractivity contribution is 6.30. The number of hydrogen-bond donors (Lipinski definition) is 3. The standard InChI is InChI=1S/C35H40N5O7Si/c1-21(2)18-35(48)33(46)40(4)34(14-15-34)32(45)37-23(16-22-10-6-5-7-11-22)20-47-27-19-36-25-13-9-8-12-24(25)29(27)30(42)38-26(31(43)44)17-28(41)39(35)3/h5-13,19,21,23,26H,14-18,20H2,1-4H3,(H,37,45)(H,38,42)(H,43,44)/t23-,26+,35+/m1/s1. The van der Waals surface area contributed by atoms with Crippen molar-refractivity contribution in [3.63, 3.8) is 0 Å². The van der Waals surface area contributed by atoms with E-state index in [2.05, 4.69) is 25.9 Å². The second-order valence-corrected chi connectivity index (χ2v) is 13.9. The van der Waals surface area contributed by atoms with Crippen molar-refractivity contribution in [1.82, 2.24) is 25.4 Å². The third kappa shape index (κ3) is 6.91. The van der Waals surface area contributed by atoms with Crippen molar-refractivity contribution in [3.8, 4) is 5.75 Å². The smallest absolute Gasteiger partial charge is 0.326 e. The molecular weight excluding hydrogens is 630 g/mol. The van der Waals surface area contributed by atoms with Gasteiger partial charge < -0.3 is 30.3 Å². The molecule has 3 aromatic rings. The van der Waals surface area contributed by atoms with Gasteiger partial charge in [-0.3, -0.25) is 24.2 Å². The Labute approximate surface area is 282 Å². The van der Waals surface area contributed by atoms with Gasteiger partial charge in [-0.25, -0.2) is 4.79 Å². The largest absolute Gasteiger partial charge is 0.489 e. The molecule has 251 valence electrons. The molecular formula is C35H40N5O7Si. The Kier molecular flexibility index (Phi) is 9.90. The Morgan fingerprint density at radius 1 is 1.02 bits per heavy atom. The molecule has 5 rings (SSSR count). The summed E-state index contributed by atoms with van der Waals surface area (Å²) in [4.78, 5) is 75.5. The molecule has 0 bridgehead atoms. The number of amides is 4. The number of hydrogen-bond acceptors (Lipinski definition) is 7. The number of nitrogens with zero attached hydrogens (tertiary/aromatic N) is 3. The van der Waals surface area contributed by atoms with Crippen LogP contribution in [0.4, 0.5) is 0 Å². The Bertz CT molecular complexity index is 1730. The Balaban J connectivity index is 1.62. The number of rotatable bonds is 5. The highest BCUT2D eigenvalue weighted by atomic mass is 28.1. The van der Waals surface area contributed by atoms with Crippen LogP contribution in [0, 0.1) is 5.92 Å². The van der Waals surface area contributed by atoms with Crippen molar-refractivity contribution in [1.29, 1.82) is 0 Å². The molecule has 1 aromatic heterocycles. The van der Waals surface area contributed by atoms with Crippen LogP contribution in [0.2, 0.25) is 0 Å². The fraction of sp³-hybridized carbons (Fsp3) is 0.429. The third-order valence-electron chi connectivity index (χ3n) is 9.15. The van der Waals surface area contributed by atoms with Gasteiger partial charge in [-0.1, -0.05) is 62.4 Å². The number of aromatic nitrogens is 1. The minimum absolute atomic E-state index is 0.0459. The summed E-state index contributed by atoms with van der Waals surface area (Å²) >= 11 is 0. The molecule has 0 unspecified atom stereocenters. The number of benzene rings is 2. The van der Waals surface area contributed by atoms with E-state index in [1.54, 1.807) is 31.3 Å². The van der Waals surface area contributed by atoms with Crippen molar-refractivity contribution in [2.45, 2.75) is 68.7 Å². The van der Waals surface area contributed by atoms with Gasteiger partial charge in [-0.2, -0.15) is 0 Å². The van der Waals surface area contributed by atoms with E-state index >= 15 is 0 Å². The van der Waals surface area contributed by atoms with Crippen LogP contribution in [-0.2, 0) is 25.6 Å². The van der Waals surface area contributed by atoms with Crippen LogP contribution in [0.3, 0.4) is 0 Å². The molecule has 3 N–H and O–H groups in total. The Hall–Kier alpha value is -4.78. The predicted molar refractivity (Wildman–Crippen MR) is 178 cm³/mol. The summed E-state index contributed by atoms with van der Waals surface area (Å²) in [7, 11) is 6.60. The average molecular weight is 671 g/mol. The molecule has 3 radical (unpaired) electrons. The van der Waals surface area contributed by atoms with Crippen LogP contribution in [-0.4, -0.2) is 103 Å². The highest BCUT2D eigenvalue weighted by Gasteiger charge is 2.58. The summed E-state index contributed by atoms with van der Waals surface area (Å²) in [6, 6.07) is 14.2. The van der Waals surface area contributed by atoms with E-state index in [1.165, 1.54) is 23.0 Å². The summed E-state index contributed by atoms with van der Waals surface area (Å²) < 4.78 is 6.22. The highest BCUT2D eigenvalue weighted by Crippen LogP contribution is 2.43. The van der Waals surface area contributed by atoms with Crippen LogP contribution < -0.4 is 15.4 Å². The van der Waals surface area contributed by atoms with Gasteiger partial charge in [0.1, 0.15) is 23.3 Å². The van der Waals surface area contributed by atoms with Gasteiger partial charge in [0.25, 0.3) is 5.91 Å². The molecule has 1 spiro atoms. The van der Waals surface area contributed by atoms with Gasteiger partial charge in [-0.05, 0) is 43.2 Å². The fourth-order valence-corrected chi connectivity index (χ4v) is 6.95. The quantitative estimate of drug-likeness (QED) is 0.349. The number of ether oxygens (including phenoxy) is 1. The zero-order valence-corrected chi connectivity index (χ0v) is 28.5. The van der Waals surface area contributed by atoms with Gasteiger partial charge in [0.2, 0.25) is 17.7 Å². The molecule has 3 atom stereocenters. The Morgan fingerprint density at radius 2 is 1.69 bits per heavy atom. The topological polar surface area (TPSA) is 158 Å². The van der Waals surface area contributed by atoms with Gasteiger partial charge in [0.05, 0.1) is 40.0 Å². The molecule has 4 amide bonds. The van der Waals surface area contributed by atoms with E-state index in [0.29, 0.717) is 30.2 Å². The molecule has 1 aliphatic heterocycles. The summed E-state index contributed by atoms with van der Waals surface area (Å²) in [6.45, 7) is 3.72. The number of para-hydroxylation sites is 1. The van der Waals surface area contributed by atoms with Crippen LogP contribution in [0.15, 0.2) is 60.8 Å². The van der Waals surface area contributed by atoms with Gasteiger partial charge in [0.15, 0.2) is 5.75 Å². The number of carbonyl (C=O) groups excluding carboxylic acids is 4. The first-order chi connectivity index (χ1) is 22.8. The number of pyridine rings is 1. The number of aliphatic carboxylic acids is 1. The fourth-order valence-electron chi connectivity index (χ4n) is 6.25. The molecule has 0 saturated heterocycles. The number of carboxylic acids is 1. The van der Waals surface area contributed by atoms with Crippen LogP contribution in [0.25, 0.3) is 10.9 Å². The van der Waals surface area contributed by atoms with E-state index in [-0.39, 0.29) is 36.2 Å². The molecule has 1 aliphatic carbocycles. The molecule has 2 heterocycles. The molecule has 2 aromatic carbocycles. The molecule has 2 aliphatic rings. The minimum atomic E-state index is -1.63. The van der Waals surface area contributed by atoms with E-state index in [1.807, 2.05) is 44.2 Å². The number of carboxylic acid groups (broad SMARTS) is 1. The van der Waals surface area contributed by atoms with Crippen LogP contribution in [0.1, 0.15) is 55.5 Å². The van der Waals surface area contributed by atoms with Crippen LogP contribution in [0.5, 0.6) is 5.75 Å². The average Bonchev–Trinajstić information content (AvgIpc) is 3.87. The zero-order valence-electron chi connectivity index (χ0n) is 27.5.